The molecule has 1 aliphatic rings. The number of rotatable bonds is 3. The van der Waals surface area contributed by atoms with Crippen LogP contribution in [0.15, 0.2) is 6.07 Å². The predicted octanol–water partition coefficient (Wildman–Crippen LogP) is 2.49. The van der Waals surface area contributed by atoms with E-state index in [1.807, 2.05) is 13.0 Å². The van der Waals surface area contributed by atoms with Crippen LogP contribution in [0.2, 0.25) is 0 Å². The van der Waals surface area contributed by atoms with Gasteiger partial charge in [0.1, 0.15) is 0 Å². The molecule has 0 unspecified atom stereocenters. The summed E-state index contributed by atoms with van der Waals surface area (Å²) in [4.78, 5) is 12.1. The molecule has 2 rings (SSSR count). The van der Waals surface area contributed by atoms with Gasteiger partial charge in [-0.3, -0.25) is 9.89 Å². The topological polar surface area (TPSA) is 57.8 Å². The summed E-state index contributed by atoms with van der Waals surface area (Å²) < 4.78 is 0. The molecule has 0 spiro atoms. The van der Waals surface area contributed by atoms with E-state index in [9.17, 15) is 4.79 Å². The number of aryl methyl sites for hydroxylation is 1. The van der Waals surface area contributed by atoms with Crippen molar-refractivity contribution in [2.24, 2.45) is 5.41 Å². The lowest BCUT2D eigenvalue weighted by molar-refractivity contribution is -0.124. The monoisotopic (exact) mass is 221 g/mol. The second-order valence-electron chi connectivity index (χ2n) is 4.85. The molecule has 0 atom stereocenters. The molecule has 1 amide bonds. The molecule has 1 aromatic rings. The molecular formula is C12H19N3O. The van der Waals surface area contributed by atoms with Crippen molar-refractivity contribution in [1.82, 2.24) is 10.2 Å². The van der Waals surface area contributed by atoms with Gasteiger partial charge in [0.25, 0.3) is 0 Å². The molecule has 0 bridgehead atoms. The Labute approximate surface area is 95.8 Å². The number of anilines is 1. The number of hydrogen-bond donors (Lipinski definition) is 2. The average molecular weight is 221 g/mol. The number of hydrogen-bond acceptors (Lipinski definition) is 2. The Balaban J connectivity index is 2.01. The van der Waals surface area contributed by atoms with E-state index in [1.165, 1.54) is 0 Å². The minimum Gasteiger partial charge on any atom is -0.309 e. The number of aromatic amines is 1. The number of nitrogens with one attached hydrogen (secondary N) is 2. The molecule has 4 heteroatoms. The number of carbonyl (C=O) groups excluding carboxylic acids is 1. The maximum atomic E-state index is 12.1. The van der Waals surface area contributed by atoms with Crippen LogP contribution in [0.5, 0.6) is 0 Å². The Bertz CT molecular complexity index is 377. The van der Waals surface area contributed by atoms with Gasteiger partial charge in [0, 0.05) is 17.2 Å². The van der Waals surface area contributed by atoms with Crippen molar-refractivity contribution in [2.75, 3.05) is 5.32 Å². The van der Waals surface area contributed by atoms with Gasteiger partial charge >= 0.3 is 0 Å². The molecule has 2 N–H and O–H groups in total. The molecule has 16 heavy (non-hydrogen) atoms. The zero-order chi connectivity index (χ0) is 11.6. The molecule has 1 heterocycles. The van der Waals surface area contributed by atoms with E-state index in [0.717, 1.165) is 37.8 Å². The second-order valence-corrected chi connectivity index (χ2v) is 4.85. The Hall–Kier alpha value is -1.32. The van der Waals surface area contributed by atoms with Crippen LogP contribution in [0.4, 0.5) is 5.82 Å². The van der Waals surface area contributed by atoms with Crippen molar-refractivity contribution in [3.05, 3.63) is 11.8 Å². The van der Waals surface area contributed by atoms with Crippen LogP contribution in [-0.4, -0.2) is 16.1 Å². The fourth-order valence-electron chi connectivity index (χ4n) is 2.26. The minimum absolute atomic E-state index is 0.110. The van der Waals surface area contributed by atoms with E-state index >= 15 is 0 Å². The first-order chi connectivity index (χ1) is 7.64. The van der Waals surface area contributed by atoms with E-state index in [1.54, 1.807) is 0 Å². The number of H-pyrrole nitrogens is 1. The molecule has 0 aromatic carbocycles. The molecule has 1 aliphatic carbocycles. The van der Waals surface area contributed by atoms with Gasteiger partial charge < -0.3 is 5.32 Å². The fourth-order valence-corrected chi connectivity index (χ4v) is 2.26. The SMILES string of the molecule is CCc1cc(NC(=O)C2(C)CCCC2)n[nH]1. The molecule has 4 nitrogen and oxygen atoms in total. The van der Waals surface area contributed by atoms with Crippen molar-refractivity contribution in [1.29, 1.82) is 0 Å². The first-order valence-corrected chi connectivity index (χ1v) is 6.00. The van der Waals surface area contributed by atoms with Gasteiger partial charge in [-0.1, -0.05) is 26.7 Å². The number of aromatic nitrogens is 2. The molecule has 1 aromatic heterocycles. The van der Waals surface area contributed by atoms with E-state index in [-0.39, 0.29) is 11.3 Å². The van der Waals surface area contributed by atoms with Crippen LogP contribution in [0, 0.1) is 5.41 Å². The van der Waals surface area contributed by atoms with Gasteiger partial charge in [0.05, 0.1) is 0 Å². The smallest absolute Gasteiger partial charge is 0.231 e. The zero-order valence-corrected chi connectivity index (χ0v) is 9.97. The quantitative estimate of drug-likeness (QED) is 0.823. The van der Waals surface area contributed by atoms with Gasteiger partial charge in [-0.2, -0.15) is 5.10 Å². The standard InChI is InChI=1S/C12H19N3O/c1-3-9-8-10(15-14-9)13-11(16)12(2)6-4-5-7-12/h8H,3-7H2,1-2H3,(H2,13,14,15,16). The number of carbonyl (C=O) groups is 1. The van der Waals surface area contributed by atoms with E-state index < -0.39 is 0 Å². The Morgan fingerprint density at radius 3 is 2.81 bits per heavy atom. The van der Waals surface area contributed by atoms with Crippen LogP contribution in [0.25, 0.3) is 0 Å². The first kappa shape index (κ1) is 11.2. The third kappa shape index (κ3) is 2.10. The molecule has 0 saturated heterocycles. The van der Waals surface area contributed by atoms with Gasteiger partial charge in [-0.15, -0.1) is 0 Å². The van der Waals surface area contributed by atoms with Crippen molar-refractivity contribution in [2.45, 2.75) is 46.0 Å². The molecule has 88 valence electrons. The zero-order valence-electron chi connectivity index (χ0n) is 9.97. The number of amides is 1. The largest absolute Gasteiger partial charge is 0.309 e. The Morgan fingerprint density at radius 1 is 1.56 bits per heavy atom. The van der Waals surface area contributed by atoms with Crippen molar-refractivity contribution in [3.8, 4) is 0 Å². The molecular weight excluding hydrogens is 202 g/mol. The number of nitrogens with zero attached hydrogens (tertiary/aromatic N) is 1. The summed E-state index contributed by atoms with van der Waals surface area (Å²) in [7, 11) is 0. The fraction of sp³-hybridized carbons (Fsp3) is 0.667. The Morgan fingerprint density at radius 2 is 2.25 bits per heavy atom. The van der Waals surface area contributed by atoms with Gasteiger partial charge in [-0.25, -0.2) is 0 Å². The highest BCUT2D eigenvalue weighted by Crippen LogP contribution is 2.38. The Kier molecular flexibility index (Phi) is 2.99. The summed E-state index contributed by atoms with van der Waals surface area (Å²) in [5.41, 5.74) is 0.859. The highest BCUT2D eigenvalue weighted by Gasteiger charge is 2.36. The lowest BCUT2D eigenvalue weighted by Crippen LogP contribution is -2.30. The van der Waals surface area contributed by atoms with Gasteiger partial charge in [-0.05, 0) is 19.3 Å². The highest BCUT2D eigenvalue weighted by atomic mass is 16.2. The van der Waals surface area contributed by atoms with Gasteiger partial charge in [0.2, 0.25) is 5.91 Å². The normalized spacial score (nSPS) is 18.6. The van der Waals surface area contributed by atoms with E-state index in [4.69, 9.17) is 0 Å². The predicted molar refractivity (Wildman–Crippen MR) is 63.2 cm³/mol. The second kappa shape index (κ2) is 4.28. The summed E-state index contributed by atoms with van der Waals surface area (Å²) >= 11 is 0. The van der Waals surface area contributed by atoms with Gasteiger partial charge in [0.15, 0.2) is 5.82 Å². The summed E-state index contributed by atoms with van der Waals surface area (Å²) in [5.74, 6) is 0.758. The van der Waals surface area contributed by atoms with Crippen molar-refractivity contribution >= 4 is 11.7 Å². The third-order valence-corrected chi connectivity index (χ3v) is 3.51. The lowest BCUT2D eigenvalue weighted by Gasteiger charge is -2.21. The maximum Gasteiger partial charge on any atom is 0.231 e. The summed E-state index contributed by atoms with van der Waals surface area (Å²) in [5, 5.41) is 9.87. The molecule has 0 radical (unpaired) electrons. The van der Waals surface area contributed by atoms with Crippen LogP contribution in [0.3, 0.4) is 0 Å². The minimum atomic E-state index is -0.189. The summed E-state index contributed by atoms with van der Waals surface area (Å²) in [6, 6.07) is 1.90. The van der Waals surface area contributed by atoms with Crippen LogP contribution < -0.4 is 5.32 Å². The summed E-state index contributed by atoms with van der Waals surface area (Å²) in [6.45, 7) is 4.10. The van der Waals surface area contributed by atoms with Crippen molar-refractivity contribution < 1.29 is 4.79 Å². The lowest BCUT2D eigenvalue weighted by atomic mass is 9.88. The molecule has 0 aliphatic heterocycles. The van der Waals surface area contributed by atoms with Crippen LogP contribution >= 0.6 is 0 Å². The average Bonchev–Trinajstić information content (AvgIpc) is 2.88. The van der Waals surface area contributed by atoms with Crippen LogP contribution in [0.1, 0.15) is 45.2 Å². The van der Waals surface area contributed by atoms with Crippen LogP contribution in [-0.2, 0) is 11.2 Å². The van der Waals surface area contributed by atoms with Crippen molar-refractivity contribution in [3.63, 3.8) is 0 Å². The highest BCUT2D eigenvalue weighted by molar-refractivity contribution is 5.94. The third-order valence-electron chi connectivity index (χ3n) is 3.51. The molecule has 1 saturated carbocycles. The first-order valence-electron chi connectivity index (χ1n) is 6.00. The maximum absolute atomic E-state index is 12.1. The summed E-state index contributed by atoms with van der Waals surface area (Å²) in [6.07, 6.45) is 5.20. The van der Waals surface area contributed by atoms with E-state index in [0.29, 0.717) is 5.82 Å². The van der Waals surface area contributed by atoms with E-state index in [2.05, 4.69) is 22.4 Å². The molecule has 1 fully saturated rings.